The van der Waals surface area contributed by atoms with Crippen molar-refractivity contribution in [2.45, 2.75) is 20.0 Å². The van der Waals surface area contributed by atoms with Gasteiger partial charge in [0.15, 0.2) is 0 Å². The van der Waals surface area contributed by atoms with Crippen LogP contribution < -0.4 is 4.74 Å². The highest BCUT2D eigenvalue weighted by atomic mass is 16.5. The summed E-state index contributed by atoms with van der Waals surface area (Å²) in [5.41, 5.74) is 2.00. The molecule has 0 heterocycles. The number of nitrogens with zero attached hydrogens (tertiary/aromatic N) is 1. The van der Waals surface area contributed by atoms with Crippen molar-refractivity contribution < 1.29 is 9.84 Å². The van der Waals surface area contributed by atoms with Crippen LogP contribution in [0.3, 0.4) is 0 Å². The average Bonchev–Trinajstić information content (AvgIpc) is 2.19. The number of aliphatic hydroxyl groups is 1. The normalized spacial score (nSPS) is 12.9. The van der Waals surface area contributed by atoms with Crippen molar-refractivity contribution in [3.63, 3.8) is 0 Å². The molecule has 0 saturated carbocycles. The predicted octanol–water partition coefficient (Wildman–Crippen LogP) is 1.99. The van der Waals surface area contributed by atoms with E-state index in [1.54, 1.807) is 6.92 Å². The predicted molar refractivity (Wildman–Crippen MR) is 65.9 cm³/mol. The number of likely N-dealkylation sites (N-methyl/N-ethyl adjacent to an activating group) is 1. The third kappa shape index (κ3) is 3.83. The van der Waals surface area contributed by atoms with E-state index >= 15 is 0 Å². The van der Waals surface area contributed by atoms with Gasteiger partial charge in [0.1, 0.15) is 12.4 Å². The van der Waals surface area contributed by atoms with Gasteiger partial charge in [-0.05, 0) is 51.2 Å². The van der Waals surface area contributed by atoms with Gasteiger partial charge in [0, 0.05) is 6.54 Å². The molecule has 90 valence electrons. The summed E-state index contributed by atoms with van der Waals surface area (Å²) in [6, 6.07) is 5.80. The number of aryl methyl sites for hydroxylation is 1. The molecule has 0 radical (unpaired) electrons. The van der Waals surface area contributed by atoms with E-state index in [1.807, 2.05) is 39.2 Å². The van der Waals surface area contributed by atoms with Crippen LogP contribution in [0.15, 0.2) is 18.2 Å². The third-order valence-corrected chi connectivity index (χ3v) is 2.48. The van der Waals surface area contributed by atoms with Crippen molar-refractivity contribution in [3.8, 4) is 5.75 Å². The molecule has 1 aromatic rings. The summed E-state index contributed by atoms with van der Waals surface area (Å²) < 4.78 is 5.66. The van der Waals surface area contributed by atoms with Crippen LogP contribution in [0.25, 0.3) is 0 Å². The molecule has 0 aromatic heterocycles. The number of rotatable bonds is 5. The van der Waals surface area contributed by atoms with Crippen molar-refractivity contribution in [3.05, 3.63) is 29.3 Å². The molecule has 0 bridgehead atoms. The number of hydrogen-bond acceptors (Lipinski definition) is 3. The molecule has 1 N–H and O–H groups in total. The molecule has 1 rings (SSSR count). The Morgan fingerprint density at radius 2 is 2.06 bits per heavy atom. The fourth-order valence-corrected chi connectivity index (χ4v) is 1.43. The van der Waals surface area contributed by atoms with Crippen LogP contribution in [-0.2, 0) is 0 Å². The van der Waals surface area contributed by atoms with E-state index in [0.717, 1.165) is 23.4 Å². The monoisotopic (exact) mass is 223 g/mol. The lowest BCUT2D eigenvalue weighted by Gasteiger charge is -2.14. The van der Waals surface area contributed by atoms with Crippen LogP contribution in [0.2, 0.25) is 0 Å². The lowest BCUT2D eigenvalue weighted by Crippen LogP contribution is -2.19. The van der Waals surface area contributed by atoms with Crippen molar-refractivity contribution in [2.75, 3.05) is 27.2 Å². The van der Waals surface area contributed by atoms with Crippen LogP contribution >= 0.6 is 0 Å². The smallest absolute Gasteiger partial charge is 0.122 e. The molecule has 0 aliphatic rings. The Kier molecular flexibility index (Phi) is 4.77. The number of ether oxygens (including phenoxy) is 1. The minimum atomic E-state index is -0.422. The molecule has 0 unspecified atom stereocenters. The maximum atomic E-state index is 9.44. The third-order valence-electron chi connectivity index (χ3n) is 2.48. The molecule has 0 amide bonds. The van der Waals surface area contributed by atoms with Crippen LogP contribution in [0, 0.1) is 6.92 Å². The summed E-state index contributed by atoms with van der Waals surface area (Å²) in [6.07, 6.45) is -0.422. The molecule has 0 aliphatic heterocycles. The highest BCUT2D eigenvalue weighted by Gasteiger charge is 2.05. The lowest BCUT2D eigenvalue weighted by molar-refractivity contribution is 0.199. The van der Waals surface area contributed by atoms with Gasteiger partial charge < -0.3 is 14.7 Å². The van der Waals surface area contributed by atoms with Crippen LogP contribution in [0.1, 0.15) is 24.2 Å². The Labute approximate surface area is 97.7 Å². The van der Waals surface area contributed by atoms with E-state index in [2.05, 4.69) is 4.90 Å². The molecular formula is C13H21NO2. The molecule has 1 atom stereocenters. The molecule has 16 heavy (non-hydrogen) atoms. The SMILES string of the molecule is Cc1cc([C@H](C)O)ccc1OCCN(C)C. The summed E-state index contributed by atoms with van der Waals surface area (Å²) in [5, 5.41) is 9.44. The molecule has 0 spiro atoms. The maximum Gasteiger partial charge on any atom is 0.122 e. The molecule has 3 nitrogen and oxygen atoms in total. The zero-order valence-electron chi connectivity index (χ0n) is 10.5. The van der Waals surface area contributed by atoms with E-state index in [-0.39, 0.29) is 0 Å². The lowest BCUT2D eigenvalue weighted by atomic mass is 10.1. The van der Waals surface area contributed by atoms with Crippen molar-refractivity contribution in [2.24, 2.45) is 0 Å². The zero-order valence-corrected chi connectivity index (χ0v) is 10.5. The van der Waals surface area contributed by atoms with Crippen LogP contribution in [0.5, 0.6) is 5.75 Å². The highest BCUT2D eigenvalue weighted by molar-refractivity contribution is 5.36. The Bertz CT molecular complexity index is 335. The minimum Gasteiger partial charge on any atom is -0.492 e. The van der Waals surface area contributed by atoms with Gasteiger partial charge in [-0.1, -0.05) is 6.07 Å². The molecular weight excluding hydrogens is 202 g/mol. The average molecular weight is 223 g/mol. The quantitative estimate of drug-likeness (QED) is 0.828. The van der Waals surface area contributed by atoms with E-state index in [9.17, 15) is 5.11 Å². The van der Waals surface area contributed by atoms with Gasteiger partial charge in [0.05, 0.1) is 6.10 Å². The number of aliphatic hydroxyl groups excluding tert-OH is 1. The molecule has 0 aliphatic carbocycles. The summed E-state index contributed by atoms with van der Waals surface area (Å²) in [4.78, 5) is 2.08. The van der Waals surface area contributed by atoms with Crippen molar-refractivity contribution in [1.82, 2.24) is 4.90 Å². The Morgan fingerprint density at radius 3 is 2.56 bits per heavy atom. The first kappa shape index (κ1) is 13.0. The molecule has 0 saturated heterocycles. The first-order valence-electron chi connectivity index (χ1n) is 5.57. The van der Waals surface area contributed by atoms with Gasteiger partial charge in [-0.2, -0.15) is 0 Å². The fourth-order valence-electron chi connectivity index (χ4n) is 1.43. The topological polar surface area (TPSA) is 32.7 Å². The summed E-state index contributed by atoms with van der Waals surface area (Å²) >= 11 is 0. The fraction of sp³-hybridized carbons (Fsp3) is 0.538. The Hall–Kier alpha value is -1.06. The minimum absolute atomic E-state index is 0.422. The first-order valence-corrected chi connectivity index (χ1v) is 5.57. The second kappa shape index (κ2) is 5.87. The molecule has 0 fully saturated rings. The number of benzene rings is 1. The Balaban J connectivity index is 2.61. The summed E-state index contributed by atoms with van der Waals surface area (Å²) in [5.74, 6) is 0.895. The van der Waals surface area contributed by atoms with E-state index < -0.39 is 6.10 Å². The van der Waals surface area contributed by atoms with Gasteiger partial charge in [-0.25, -0.2) is 0 Å². The van der Waals surface area contributed by atoms with Crippen LogP contribution in [0.4, 0.5) is 0 Å². The maximum absolute atomic E-state index is 9.44. The number of hydrogen-bond donors (Lipinski definition) is 1. The first-order chi connectivity index (χ1) is 7.50. The summed E-state index contributed by atoms with van der Waals surface area (Å²) in [6.45, 7) is 5.34. The van der Waals surface area contributed by atoms with Crippen LogP contribution in [-0.4, -0.2) is 37.3 Å². The standard InChI is InChI=1S/C13H21NO2/c1-10-9-12(11(2)15)5-6-13(10)16-8-7-14(3)4/h5-6,9,11,15H,7-8H2,1-4H3/t11-/m0/s1. The van der Waals surface area contributed by atoms with E-state index in [4.69, 9.17) is 4.74 Å². The largest absolute Gasteiger partial charge is 0.492 e. The van der Waals surface area contributed by atoms with E-state index in [1.165, 1.54) is 0 Å². The van der Waals surface area contributed by atoms with Gasteiger partial charge in [-0.3, -0.25) is 0 Å². The van der Waals surface area contributed by atoms with Gasteiger partial charge in [0.25, 0.3) is 0 Å². The molecule has 1 aromatic carbocycles. The van der Waals surface area contributed by atoms with Crippen molar-refractivity contribution >= 4 is 0 Å². The highest BCUT2D eigenvalue weighted by Crippen LogP contribution is 2.22. The van der Waals surface area contributed by atoms with Crippen molar-refractivity contribution in [1.29, 1.82) is 0 Å². The Morgan fingerprint density at radius 1 is 1.38 bits per heavy atom. The van der Waals surface area contributed by atoms with E-state index in [0.29, 0.717) is 6.61 Å². The van der Waals surface area contributed by atoms with Gasteiger partial charge >= 0.3 is 0 Å². The zero-order chi connectivity index (χ0) is 12.1. The second-order valence-electron chi connectivity index (χ2n) is 4.35. The molecule has 3 heteroatoms. The summed E-state index contributed by atoms with van der Waals surface area (Å²) in [7, 11) is 4.04. The van der Waals surface area contributed by atoms with Gasteiger partial charge in [0.2, 0.25) is 0 Å². The second-order valence-corrected chi connectivity index (χ2v) is 4.35. The van der Waals surface area contributed by atoms with Gasteiger partial charge in [-0.15, -0.1) is 0 Å².